The van der Waals surface area contributed by atoms with Crippen LogP contribution in [0.4, 0.5) is 4.39 Å². The van der Waals surface area contributed by atoms with Crippen LogP contribution in [-0.2, 0) is 6.42 Å². The Morgan fingerprint density at radius 3 is 3.09 bits per heavy atom. The number of carbonyl (C=O) groups is 1. The van der Waals surface area contributed by atoms with E-state index in [9.17, 15) is 9.18 Å². The third kappa shape index (κ3) is 3.96. The van der Waals surface area contributed by atoms with E-state index in [0.29, 0.717) is 5.92 Å². The molecule has 0 aliphatic carbocycles. The molecule has 5 heteroatoms. The zero-order valence-electron chi connectivity index (χ0n) is 13.3. The number of nitrogens with zero attached hydrogens (tertiary/aromatic N) is 2. The van der Waals surface area contributed by atoms with Crippen LogP contribution < -0.4 is 0 Å². The second-order valence-corrected chi connectivity index (χ2v) is 7.05. The molecule has 1 saturated heterocycles. The van der Waals surface area contributed by atoms with E-state index in [2.05, 4.69) is 4.98 Å². The molecule has 3 nitrogen and oxygen atoms in total. The summed E-state index contributed by atoms with van der Waals surface area (Å²) >= 11 is 1.42. The molecular formula is C18H21FN2OS. The van der Waals surface area contributed by atoms with Crippen molar-refractivity contribution in [2.45, 2.75) is 32.6 Å². The maximum atomic E-state index is 13.2. The van der Waals surface area contributed by atoms with Crippen molar-refractivity contribution < 1.29 is 9.18 Å². The fraction of sp³-hybridized carbons (Fsp3) is 0.444. The zero-order chi connectivity index (χ0) is 16.2. The molecule has 0 saturated carbocycles. The number of rotatable bonds is 4. The lowest BCUT2D eigenvalue weighted by atomic mass is 9.91. The van der Waals surface area contributed by atoms with E-state index in [1.807, 2.05) is 17.9 Å². The first-order chi connectivity index (χ1) is 11.1. The normalized spacial score (nSPS) is 18.2. The molecule has 1 atom stereocenters. The average Bonchev–Trinajstić information content (AvgIpc) is 2.99. The van der Waals surface area contributed by atoms with Gasteiger partial charge in [-0.25, -0.2) is 9.37 Å². The van der Waals surface area contributed by atoms with E-state index in [1.54, 1.807) is 17.6 Å². The number of piperidine rings is 1. The molecule has 2 aromatic rings. The molecular weight excluding hydrogens is 311 g/mol. The van der Waals surface area contributed by atoms with Crippen LogP contribution in [0.25, 0.3) is 0 Å². The number of hydrogen-bond donors (Lipinski definition) is 0. The number of likely N-dealkylation sites (tertiary alicyclic amines) is 1. The molecule has 1 amide bonds. The van der Waals surface area contributed by atoms with Crippen LogP contribution in [0.1, 0.15) is 40.2 Å². The Hall–Kier alpha value is -1.75. The summed E-state index contributed by atoms with van der Waals surface area (Å²) in [4.78, 5) is 19.5. The lowest BCUT2D eigenvalue weighted by Gasteiger charge is -2.32. The average molecular weight is 332 g/mol. The highest BCUT2D eigenvalue weighted by molar-refractivity contribution is 7.11. The highest BCUT2D eigenvalue weighted by atomic mass is 32.1. The number of amides is 1. The topological polar surface area (TPSA) is 33.2 Å². The summed E-state index contributed by atoms with van der Waals surface area (Å²) < 4.78 is 13.2. The number of halogens is 1. The minimum absolute atomic E-state index is 0.112. The van der Waals surface area contributed by atoms with Gasteiger partial charge in [0.05, 0.1) is 11.2 Å². The summed E-state index contributed by atoms with van der Waals surface area (Å²) in [5, 5.41) is 0. The first kappa shape index (κ1) is 16.1. The molecule has 0 bridgehead atoms. The molecule has 0 N–H and O–H groups in total. The molecule has 1 aliphatic rings. The van der Waals surface area contributed by atoms with Crippen molar-refractivity contribution in [3.8, 4) is 0 Å². The number of aromatic nitrogens is 1. The molecule has 3 rings (SSSR count). The first-order valence-electron chi connectivity index (χ1n) is 8.07. The summed E-state index contributed by atoms with van der Waals surface area (Å²) in [7, 11) is 0. The predicted octanol–water partition coefficient (Wildman–Crippen LogP) is 4.08. The van der Waals surface area contributed by atoms with Crippen molar-refractivity contribution >= 4 is 17.2 Å². The van der Waals surface area contributed by atoms with Crippen LogP contribution in [0, 0.1) is 18.7 Å². The smallest absolute Gasteiger partial charge is 0.265 e. The maximum Gasteiger partial charge on any atom is 0.265 e. The van der Waals surface area contributed by atoms with Crippen molar-refractivity contribution in [2.75, 3.05) is 13.1 Å². The van der Waals surface area contributed by atoms with Gasteiger partial charge < -0.3 is 4.90 Å². The van der Waals surface area contributed by atoms with E-state index in [0.717, 1.165) is 54.9 Å². The second kappa shape index (κ2) is 7.21. The van der Waals surface area contributed by atoms with Gasteiger partial charge in [-0.05, 0) is 56.2 Å². The van der Waals surface area contributed by atoms with E-state index >= 15 is 0 Å². The Balaban J connectivity index is 1.58. The molecule has 1 aliphatic heterocycles. The Morgan fingerprint density at radius 1 is 1.48 bits per heavy atom. The van der Waals surface area contributed by atoms with Crippen molar-refractivity contribution in [1.29, 1.82) is 0 Å². The fourth-order valence-corrected chi connectivity index (χ4v) is 3.97. The van der Waals surface area contributed by atoms with Gasteiger partial charge >= 0.3 is 0 Å². The molecule has 1 aromatic carbocycles. The lowest BCUT2D eigenvalue weighted by molar-refractivity contribution is 0.0672. The molecule has 2 heterocycles. The Bertz CT molecular complexity index is 685. The Kier molecular flexibility index (Phi) is 5.06. The number of thiazole rings is 1. The Labute approximate surface area is 140 Å². The lowest BCUT2D eigenvalue weighted by Crippen LogP contribution is -2.40. The van der Waals surface area contributed by atoms with Gasteiger partial charge in [-0.3, -0.25) is 4.79 Å². The summed E-state index contributed by atoms with van der Waals surface area (Å²) in [5.41, 5.74) is 3.59. The summed E-state index contributed by atoms with van der Waals surface area (Å²) in [6.07, 6.45) is 4.04. The van der Waals surface area contributed by atoms with Crippen molar-refractivity contribution in [3.63, 3.8) is 0 Å². The standard InChI is InChI=1S/C18H21FN2OS/c1-13-17(23-12-20-13)18(22)21-9-3-5-15(11-21)8-7-14-4-2-6-16(19)10-14/h2,4,6,10,12,15H,3,5,7-9,11H2,1H3/t15-/m1/s1. The van der Waals surface area contributed by atoms with E-state index in [-0.39, 0.29) is 11.7 Å². The highest BCUT2D eigenvalue weighted by Crippen LogP contribution is 2.24. The Morgan fingerprint density at radius 2 is 2.35 bits per heavy atom. The fourth-order valence-electron chi connectivity index (χ4n) is 3.20. The SMILES string of the molecule is Cc1ncsc1C(=O)N1CCC[C@H](CCc2cccc(F)c2)C1. The van der Waals surface area contributed by atoms with E-state index in [4.69, 9.17) is 0 Å². The number of benzene rings is 1. The molecule has 0 unspecified atom stereocenters. The second-order valence-electron chi connectivity index (χ2n) is 6.19. The van der Waals surface area contributed by atoms with Crippen LogP contribution in [0.15, 0.2) is 29.8 Å². The number of aryl methyl sites for hydroxylation is 2. The third-order valence-corrected chi connectivity index (χ3v) is 5.39. The summed E-state index contributed by atoms with van der Waals surface area (Å²) in [6, 6.07) is 6.80. The van der Waals surface area contributed by atoms with Gasteiger partial charge in [0.15, 0.2) is 0 Å². The zero-order valence-corrected chi connectivity index (χ0v) is 14.1. The molecule has 1 fully saturated rings. The third-order valence-electron chi connectivity index (χ3n) is 4.48. The summed E-state index contributed by atoms with van der Waals surface area (Å²) in [6.45, 7) is 3.51. The van der Waals surface area contributed by atoms with Gasteiger partial charge in [-0.15, -0.1) is 11.3 Å². The molecule has 122 valence electrons. The van der Waals surface area contributed by atoms with Gasteiger partial charge in [0.2, 0.25) is 0 Å². The first-order valence-corrected chi connectivity index (χ1v) is 8.95. The minimum atomic E-state index is -0.177. The van der Waals surface area contributed by atoms with E-state index < -0.39 is 0 Å². The van der Waals surface area contributed by atoms with Crippen LogP contribution in [-0.4, -0.2) is 28.9 Å². The minimum Gasteiger partial charge on any atom is -0.338 e. The van der Waals surface area contributed by atoms with Crippen molar-refractivity contribution in [3.05, 3.63) is 51.7 Å². The van der Waals surface area contributed by atoms with Crippen molar-refractivity contribution in [1.82, 2.24) is 9.88 Å². The molecule has 0 spiro atoms. The van der Waals surface area contributed by atoms with Crippen molar-refractivity contribution in [2.24, 2.45) is 5.92 Å². The van der Waals surface area contributed by atoms with Crippen LogP contribution in [0.5, 0.6) is 0 Å². The highest BCUT2D eigenvalue weighted by Gasteiger charge is 2.26. The van der Waals surface area contributed by atoms with Gasteiger partial charge in [0, 0.05) is 13.1 Å². The van der Waals surface area contributed by atoms with Gasteiger partial charge in [0.1, 0.15) is 10.7 Å². The monoisotopic (exact) mass is 332 g/mol. The maximum absolute atomic E-state index is 13.2. The van der Waals surface area contributed by atoms with Crippen LogP contribution >= 0.6 is 11.3 Å². The van der Waals surface area contributed by atoms with Crippen LogP contribution in [0.2, 0.25) is 0 Å². The molecule has 23 heavy (non-hydrogen) atoms. The summed E-state index contributed by atoms with van der Waals surface area (Å²) in [5.74, 6) is 0.424. The number of carbonyl (C=O) groups excluding carboxylic acids is 1. The van der Waals surface area contributed by atoms with E-state index in [1.165, 1.54) is 17.4 Å². The van der Waals surface area contributed by atoms with Gasteiger partial charge in [-0.2, -0.15) is 0 Å². The predicted molar refractivity (Wildman–Crippen MR) is 90.2 cm³/mol. The number of hydrogen-bond acceptors (Lipinski definition) is 3. The van der Waals surface area contributed by atoms with Gasteiger partial charge in [-0.1, -0.05) is 12.1 Å². The quantitative estimate of drug-likeness (QED) is 0.845. The largest absolute Gasteiger partial charge is 0.338 e. The molecule has 0 radical (unpaired) electrons. The van der Waals surface area contributed by atoms with Crippen LogP contribution in [0.3, 0.4) is 0 Å². The molecule has 1 aromatic heterocycles. The van der Waals surface area contributed by atoms with Gasteiger partial charge in [0.25, 0.3) is 5.91 Å².